The highest BCUT2D eigenvalue weighted by atomic mass is 14.8. The molecule has 1 aromatic heterocycles. The molecular formula is C9H12N2. The quantitative estimate of drug-likeness (QED) is 0.649. The SMILES string of the molecule is CCc1cccccnc[nH]1. The monoisotopic (exact) mass is 148 g/mol. The fraction of sp³-hybridized carbons (Fsp3) is 0.222. The van der Waals surface area contributed by atoms with Crippen LogP contribution in [-0.4, -0.2) is 9.97 Å². The summed E-state index contributed by atoms with van der Waals surface area (Å²) in [6, 6.07) is 7.89. The molecule has 11 heavy (non-hydrogen) atoms. The van der Waals surface area contributed by atoms with Crippen LogP contribution in [0.15, 0.2) is 36.8 Å². The molecule has 58 valence electrons. The molecule has 0 aliphatic carbocycles. The number of nitrogens with one attached hydrogen (secondary N) is 1. The number of aryl methyl sites for hydroxylation is 1. The van der Waals surface area contributed by atoms with E-state index in [9.17, 15) is 0 Å². The highest BCUT2D eigenvalue weighted by Gasteiger charge is 1.78. The van der Waals surface area contributed by atoms with Crippen LogP contribution < -0.4 is 0 Å². The number of aromatic amines is 1. The van der Waals surface area contributed by atoms with Crippen LogP contribution in [0.25, 0.3) is 0 Å². The van der Waals surface area contributed by atoms with Gasteiger partial charge in [-0.15, -0.1) is 0 Å². The first kappa shape index (κ1) is 7.79. The number of aromatic nitrogens is 2. The summed E-state index contributed by atoms with van der Waals surface area (Å²) in [5.74, 6) is 0. The number of H-pyrrole nitrogens is 1. The molecule has 1 N–H and O–H groups in total. The largest absolute Gasteiger partial charge is 0.350 e. The van der Waals surface area contributed by atoms with E-state index in [4.69, 9.17) is 0 Å². The van der Waals surface area contributed by atoms with E-state index in [0.29, 0.717) is 0 Å². The van der Waals surface area contributed by atoms with Crippen LogP contribution >= 0.6 is 0 Å². The highest BCUT2D eigenvalue weighted by Crippen LogP contribution is 1.88. The standard InChI is InChI=1S/C9H12N2/c1-2-9-6-4-3-5-7-10-8-11-9/h3-8H,2H2,1H3,(H,10,11). The van der Waals surface area contributed by atoms with E-state index >= 15 is 0 Å². The van der Waals surface area contributed by atoms with Gasteiger partial charge in [-0.1, -0.05) is 19.1 Å². The third-order valence-electron chi connectivity index (χ3n) is 1.40. The lowest BCUT2D eigenvalue weighted by molar-refractivity contribution is 1.02. The topological polar surface area (TPSA) is 28.7 Å². The Balaban J connectivity index is 3.07. The van der Waals surface area contributed by atoms with E-state index in [-0.39, 0.29) is 0 Å². The Morgan fingerprint density at radius 3 is 3.09 bits per heavy atom. The third kappa shape index (κ3) is 2.85. The van der Waals surface area contributed by atoms with E-state index in [1.165, 1.54) is 5.69 Å². The Morgan fingerprint density at radius 1 is 1.36 bits per heavy atom. The summed E-state index contributed by atoms with van der Waals surface area (Å²) in [4.78, 5) is 7.06. The summed E-state index contributed by atoms with van der Waals surface area (Å²) in [6.45, 7) is 2.10. The predicted octanol–water partition coefficient (Wildman–Crippen LogP) is 2.10. The van der Waals surface area contributed by atoms with Gasteiger partial charge in [0.1, 0.15) is 0 Å². The molecule has 1 aromatic rings. The first-order valence-electron chi connectivity index (χ1n) is 3.74. The van der Waals surface area contributed by atoms with Crippen LogP contribution in [0, 0.1) is 0 Å². The molecule has 0 atom stereocenters. The second-order valence-electron chi connectivity index (χ2n) is 2.19. The maximum atomic E-state index is 3.98. The summed E-state index contributed by atoms with van der Waals surface area (Å²) >= 11 is 0. The molecule has 0 amide bonds. The van der Waals surface area contributed by atoms with Crippen molar-refractivity contribution in [3.8, 4) is 0 Å². The average Bonchev–Trinajstić information content (AvgIpc) is 2.16. The van der Waals surface area contributed by atoms with Crippen molar-refractivity contribution in [1.29, 1.82) is 0 Å². The smallest absolute Gasteiger partial charge is 0.0920 e. The zero-order valence-corrected chi connectivity index (χ0v) is 6.62. The second kappa shape index (κ2) is 4.50. The number of rotatable bonds is 1. The van der Waals surface area contributed by atoms with Gasteiger partial charge in [0.05, 0.1) is 6.33 Å². The van der Waals surface area contributed by atoms with Crippen molar-refractivity contribution in [2.24, 2.45) is 0 Å². The van der Waals surface area contributed by atoms with Gasteiger partial charge in [0.15, 0.2) is 0 Å². The molecule has 0 bridgehead atoms. The van der Waals surface area contributed by atoms with Gasteiger partial charge in [-0.05, 0) is 18.6 Å². The second-order valence-corrected chi connectivity index (χ2v) is 2.19. The molecule has 0 unspecified atom stereocenters. The van der Waals surface area contributed by atoms with Crippen LogP contribution in [0.3, 0.4) is 0 Å². The van der Waals surface area contributed by atoms with Crippen molar-refractivity contribution in [3.63, 3.8) is 0 Å². The Morgan fingerprint density at radius 2 is 2.27 bits per heavy atom. The summed E-state index contributed by atoms with van der Waals surface area (Å²) in [6.07, 6.45) is 4.44. The lowest BCUT2D eigenvalue weighted by atomic mass is 10.3. The van der Waals surface area contributed by atoms with Gasteiger partial charge in [0, 0.05) is 11.9 Å². The molecule has 2 heteroatoms. The Hall–Kier alpha value is -1.31. The zero-order chi connectivity index (χ0) is 7.94. The average molecular weight is 148 g/mol. The number of nitrogens with zero attached hydrogens (tertiary/aromatic N) is 1. The maximum absolute atomic E-state index is 3.98. The van der Waals surface area contributed by atoms with E-state index in [1.807, 2.05) is 24.3 Å². The van der Waals surface area contributed by atoms with Crippen LogP contribution in [-0.2, 0) is 6.42 Å². The normalized spacial score (nSPS) is 8.82. The van der Waals surface area contributed by atoms with E-state index < -0.39 is 0 Å². The van der Waals surface area contributed by atoms with Crippen LogP contribution in [0.4, 0.5) is 0 Å². The highest BCUT2D eigenvalue weighted by molar-refractivity contribution is 4.99. The van der Waals surface area contributed by atoms with Crippen LogP contribution in [0.2, 0.25) is 0 Å². The predicted molar refractivity (Wildman–Crippen MR) is 45.6 cm³/mol. The van der Waals surface area contributed by atoms with Crippen molar-refractivity contribution in [1.82, 2.24) is 9.97 Å². The van der Waals surface area contributed by atoms with Gasteiger partial charge < -0.3 is 4.98 Å². The maximum Gasteiger partial charge on any atom is 0.0920 e. The van der Waals surface area contributed by atoms with Crippen molar-refractivity contribution < 1.29 is 0 Å². The first-order valence-corrected chi connectivity index (χ1v) is 3.74. The van der Waals surface area contributed by atoms with E-state index in [2.05, 4.69) is 16.9 Å². The molecule has 0 saturated heterocycles. The molecular weight excluding hydrogens is 136 g/mol. The Bertz CT molecular complexity index is 227. The van der Waals surface area contributed by atoms with Gasteiger partial charge >= 0.3 is 0 Å². The molecule has 0 spiro atoms. The van der Waals surface area contributed by atoms with Gasteiger partial charge in [-0.25, -0.2) is 4.98 Å². The number of hydrogen-bond donors (Lipinski definition) is 1. The summed E-state index contributed by atoms with van der Waals surface area (Å²) < 4.78 is 0. The summed E-state index contributed by atoms with van der Waals surface area (Å²) in [5.41, 5.74) is 1.17. The van der Waals surface area contributed by atoms with Crippen molar-refractivity contribution in [2.75, 3.05) is 0 Å². The Kier molecular flexibility index (Phi) is 3.19. The lowest BCUT2D eigenvalue weighted by Crippen LogP contribution is -1.79. The molecule has 0 saturated carbocycles. The molecule has 1 heterocycles. The zero-order valence-electron chi connectivity index (χ0n) is 6.62. The van der Waals surface area contributed by atoms with Crippen LogP contribution in [0.5, 0.6) is 0 Å². The molecule has 0 fully saturated rings. The molecule has 0 aliphatic heterocycles. The first-order chi connectivity index (χ1) is 5.43. The molecule has 0 aromatic carbocycles. The van der Waals surface area contributed by atoms with Crippen molar-refractivity contribution in [3.05, 3.63) is 42.5 Å². The third-order valence-corrected chi connectivity index (χ3v) is 1.40. The van der Waals surface area contributed by atoms with Crippen LogP contribution in [0.1, 0.15) is 12.6 Å². The minimum atomic E-state index is 0.996. The minimum Gasteiger partial charge on any atom is -0.350 e. The van der Waals surface area contributed by atoms with E-state index in [1.54, 1.807) is 12.5 Å². The van der Waals surface area contributed by atoms with E-state index in [0.717, 1.165) is 6.42 Å². The summed E-state index contributed by atoms with van der Waals surface area (Å²) in [7, 11) is 0. The molecule has 0 radical (unpaired) electrons. The summed E-state index contributed by atoms with van der Waals surface area (Å²) in [5, 5.41) is 0. The Labute approximate surface area is 66.6 Å². The van der Waals surface area contributed by atoms with Gasteiger partial charge in [0.25, 0.3) is 0 Å². The molecule has 0 aliphatic rings. The van der Waals surface area contributed by atoms with Gasteiger partial charge in [0.2, 0.25) is 0 Å². The number of hydrogen-bond acceptors (Lipinski definition) is 1. The molecule has 2 nitrogen and oxygen atoms in total. The lowest BCUT2D eigenvalue weighted by Gasteiger charge is -1.87. The van der Waals surface area contributed by atoms with Crippen molar-refractivity contribution in [2.45, 2.75) is 13.3 Å². The fourth-order valence-corrected chi connectivity index (χ4v) is 0.766. The van der Waals surface area contributed by atoms with Gasteiger partial charge in [-0.2, -0.15) is 0 Å². The molecule has 1 rings (SSSR count). The van der Waals surface area contributed by atoms with Gasteiger partial charge in [-0.3, -0.25) is 0 Å². The van der Waals surface area contributed by atoms with Crippen molar-refractivity contribution >= 4 is 0 Å². The minimum absolute atomic E-state index is 0.996. The fourth-order valence-electron chi connectivity index (χ4n) is 0.766.